The molecule has 3 heteroatoms. The summed E-state index contributed by atoms with van der Waals surface area (Å²) in [4.78, 5) is 6.89. The lowest BCUT2D eigenvalue weighted by atomic mass is 10.1. The number of hydrogen-bond donors (Lipinski definition) is 1. The highest BCUT2D eigenvalue weighted by Gasteiger charge is 2.14. The van der Waals surface area contributed by atoms with E-state index in [-0.39, 0.29) is 0 Å². The predicted octanol–water partition coefficient (Wildman–Crippen LogP) is 1.61. The molecular formula is C13H19N3. The molecule has 0 aromatic carbocycles. The van der Waals surface area contributed by atoms with E-state index in [1.54, 1.807) is 0 Å². The number of rotatable bonds is 4. The van der Waals surface area contributed by atoms with Gasteiger partial charge in [0.15, 0.2) is 0 Å². The van der Waals surface area contributed by atoms with Gasteiger partial charge in [0.05, 0.1) is 0 Å². The molecule has 1 aromatic heterocycles. The van der Waals surface area contributed by atoms with E-state index in [1.807, 2.05) is 18.3 Å². The summed E-state index contributed by atoms with van der Waals surface area (Å²) >= 11 is 0. The van der Waals surface area contributed by atoms with Crippen LogP contribution in [-0.2, 0) is 6.42 Å². The number of hydrogen-bond acceptors (Lipinski definition) is 3. The highest BCUT2D eigenvalue weighted by Crippen LogP contribution is 2.19. The van der Waals surface area contributed by atoms with Crippen LogP contribution < -0.4 is 10.2 Å². The van der Waals surface area contributed by atoms with Crippen LogP contribution in [0.1, 0.15) is 12.0 Å². The Balaban J connectivity index is 2.14. The second-order valence-corrected chi connectivity index (χ2v) is 4.05. The monoisotopic (exact) mass is 217 g/mol. The summed E-state index contributed by atoms with van der Waals surface area (Å²) < 4.78 is 0. The molecule has 1 aromatic rings. The molecule has 1 aliphatic rings. The van der Waals surface area contributed by atoms with Crippen LogP contribution >= 0.6 is 0 Å². The highest BCUT2D eigenvalue weighted by molar-refractivity contribution is 5.47. The lowest BCUT2D eigenvalue weighted by Crippen LogP contribution is -2.44. The van der Waals surface area contributed by atoms with Crippen molar-refractivity contribution in [1.82, 2.24) is 10.3 Å². The van der Waals surface area contributed by atoms with Gasteiger partial charge >= 0.3 is 0 Å². The Bertz CT molecular complexity index is 343. The van der Waals surface area contributed by atoms with Crippen molar-refractivity contribution in [2.24, 2.45) is 0 Å². The second kappa shape index (κ2) is 5.66. The normalized spacial score (nSPS) is 16.1. The average molecular weight is 217 g/mol. The van der Waals surface area contributed by atoms with Gasteiger partial charge in [-0.2, -0.15) is 0 Å². The Morgan fingerprint density at radius 1 is 1.44 bits per heavy atom. The van der Waals surface area contributed by atoms with E-state index in [1.165, 1.54) is 5.56 Å². The van der Waals surface area contributed by atoms with Crippen molar-refractivity contribution < 1.29 is 0 Å². The zero-order valence-electron chi connectivity index (χ0n) is 9.65. The fourth-order valence-electron chi connectivity index (χ4n) is 2.04. The molecule has 0 bridgehead atoms. The molecule has 0 aliphatic carbocycles. The lowest BCUT2D eigenvalue weighted by molar-refractivity contribution is 0.583. The van der Waals surface area contributed by atoms with Crippen LogP contribution in [0.25, 0.3) is 0 Å². The average Bonchev–Trinajstić information content (AvgIpc) is 2.38. The summed E-state index contributed by atoms with van der Waals surface area (Å²) in [6, 6.07) is 4.19. The molecule has 2 heterocycles. The van der Waals surface area contributed by atoms with Gasteiger partial charge in [-0.15, -0.1) is 6.58 Å². The van der Waals surface area contributed by atoms with E-state index in [0.717, 1.165) is 44.8 Å². The Morgan fingerprint density at radius 3 is 3.00 bits per heavy atom. The fraction of sp³-hybridized carbons (Fsp3) is 0.462. The van der Waals surface area contributed by atoms with Gasteiger partial charge in [0.2, 0.25) is 0 Å². The summed E-state index contributed by atoms with van der Waals surface area (Å²) in [6.07, 6.45) is 5.91. The predicted molar refractivity (Wildman–Crippen MR) is 67.8 cm³/mol. The smallest absolute Gasteiger partial charge is 0.131 e. The molecule has 0 spiro atoms. The zero-order valence-corrected chi connectivity index (χ0v) is 9.65. The molecule has 1 fully saturated rings. The molecule has 2 rings (SSSR count). The van der Waals surface area contributed by atoms with E-state index in [0.29, 0.717) is 0 Å². The quantitative estimate of drug-likeness (QED) is 0.777. The van der Waals surface area contributed by atoms with Crippen molar-refractivity contribution in [3.63, 3.8) is 0 Å². The molecule has 86 valence electrons. The molecule has 1 N–H and O–H groups in total. The van der Waals surface area contributed by atoms with Crippen molar-refractivity contribution in [2.75, 3.05) is 31.1 Å². The van der Waals surface area contributed by atoms with E-state index in [9.17, 15) is 0 Å². The standard InChI is InChI=1S/C13H19N3/c1-2-3-5-12-6-4-7-15-13(12)16-10-8-14-9-11-16/h2,4,6-7,14H,1,3,5,8-11H2. The van der Waals surface area contributed by atoms with Gasteiger partial charge in [-0.25, -0.2) is 4.98 Å². The van der Waals surface area contributed by atoms with Crippen LogP contribution in [0.15, 0.2) is 31.0 Å². The first-order chi connectivity index (χ1) is 7.92. The summed E-state index contributed by atoms with van der Waals surface area (Å²) in [5.41, 5.74) is 1.34. The molecular weight excluding hydrogens is 198 g/mol. The molecule has 0 unspecified atom stereocenters. The Kier molecular flexibility index (Phi) is 3.94. The molecule has 0 saturated carbocycles. The van der Waals surface area contributed by atoms with Crippen molar-refractivity contribution in [3.8, 4) is 0 Å². The van der Waals surface area contributed by atoms with Crippen molar-refractivity contribution >= 4 is 5.82 Å². The molecule has 3 nitrogen and oxygen atoms in total. The van der Waals surface area contributed by atoms with Crippen molar-refractivity contribution in [3.05, 3.63) is 36.5 Å². The zero-order chi connectivity index (χ0) is 11.2. The van der Waals surface area contributed by atoms with Gasteiger partial charge in [-0.05, 0) is 24.5 Å². The summed E-state index contributed by atoms with van der Waals surface area (Å²) in [5, 5.41) is 3.36. The molecule has 1 saturated heterocycles. The lowest BCUT2D eigenvalue weighted by Gasteiger charge is -2.29. The van der Waals surface area contributed by atoms with E-state index < -0.39 is 0 Å². The summed E-state index contributed by atoms with van der Waals surface area (Å²) in [5.74, 6) is 1.16. The topological polar surface area (TPSA) is 28.2 Å². The Labute approximate surface area is 97.2 Å². The van der Waals surface area contributed by atoms with Gasteiger partial charge in [0.25, 0.3) is 0 Å². The van der Waals surface area contributed by atoms with Crippen molar-refractivity contribution in [2.45, 2.75) is 12.8 Å². The van der Waals surface area contributed by atoms with Gasteiger partial charge in [0, 0.05) is 32.4 Å². The van der Waals surface area contributed by atoms with Gasteiger partial charge in [0.1, 0.15) is 5.82 Å². The number of piperazine rings is 1. The molecule has 0 radical (unpaired) electrons. The van der Waals surface area contributed by atoms with Crippen LogP contribution in [0.4, 0.5) is 5.82 Å². The maximum atomic E-state index is 4.52. The third-order valence-corrected chi connectivity index (χ3v) is 2.90. The number of nitrogens with one attached hydrogen (secondary N) is 1. The number of anilines is 1. The van der Waals surface area contributed by atoms with Crippen LogP contribution in [0.2, 0.25) is 0 Å². The van der Waals surface area contributed by atoms with Gasteiger partial charge in [-0.3, -0.25) is 0 Å². The fourth-order valence-corrected chi connectivity index (χ4v) is 2.04. The van der Waals surface area contributed by atoms with Crippen LogP contribution in [0.3, 0.4) is 0 Å². The number of nitrogens with zero attached hydrogens (tertiary/aromatic N) is 2. The SMILES string of the molecule is C=CCCc1cccnc1N1CCNCC1. The van der Waals surface area contributed by atoms with Gasteiger partial charge < -0.3 is 10.2 Å². The molecule has 1 aliphatic heterocycles. The second-order valence-electron chi connectivity index (χ2n) is 4.05. The van der Waals surface area contributed by atoms with Gasteiger partial charge in [-0.1, -0.05) is 12.1 Å². The maximum absolute atomic E-state index is 4.52. The van der Waals surface area contributed by atoms with Crippen LogP contribution in [0, 0.1) is 0 Å². The van der Waals surface area contributed by atoms with E-state index in [4.69, 9.17) is 0 Å². The van der Waals surface area contributed by atoms with E-state index in [2.05, 4.69) is 27.8 Å². The maximum Gasteiger partial charge on any atom is 0.131 e. The first kappa shape index (κ1) is 11.1. The minimum Gasteiger partial charge on any atom is -0.354 e. The molecule has 0 atom stereocenters. The third kappa shape index (κ3) is 2.61. The number of aromatic nitrogens is 1. The highest BCUT2D eigenvalue weighted by atomic mass is 15.2. The van der Waals surface area contributed by atoms with E-state index >= 15 is 0 Å². The number of pyridine rings is 1. The first-order valence-corrected chi connectivity index (χ1v) is 5.92. The number of allylic oxidation sites excluding steroid dienone is 1. The van der Waals surface area contributed by atoms with Crippen molar-refractivity contribution in [1.29, 1.82) is 0 Å². The minimum atomic E-state index is 1.02. The van der Waals surface area contributed by atoms with Crippen LogP contribution in [-0.4, -0.2) is 31.2 Å². The Morgan fingerprint density at radius 2 is 2.25 bits per heavy atom. The molecule has 16 heavy (non-hydrogen) atoms. The Hall–Kier alpha value is -1.35. The third-order valence-electron chi connectivity index (χ3n) is 2.90. The number of aryl methyl sites for hydroxylation is 1. The summed E-state index contributed by atoms with van der Waals surface area (Å²) in [7, 11) is 0. The van der Waals surface area contributed by atoms with Crippen LogP contribution in [0.5, 0.6) is 0 Å². The largest absolute Gasteiger partial charge is 0.354 e. The summed E-state index contributed by atoms with van der Waals surface area (Å²) in [6.45, 7) is 7.99. The first-order valence-electron chi connectivity index (χ1n) is 5.92. The minimum absolute atomic E-state index is 1.02. The molecule has 0 amide bonds.